The molecule has 0 unspecified atom stereocenters. The fourth-order valence-corrected chi connectivity index (χ4v) is 3.46. The lowest BCUT2D eigenvalue weighted by molar-refractivity contribution is -0.152. The average molecular weight is 543 g/mol. The van der Waals surface area contributed by atoms with Crippen LogP contribution in [-0.2, 0) is 52.5 Å². The molecule has 0 amide bonds. The number of hydrogen-bond acceptors (Lipinski definition) is 10. The predicted octanol–water partition coefficient (Wildman–Crippen LogP) is 2.98. The molecule has 2 aromatic rings. The lowest BCUT2D eigenvalue weighted by Crippen LogP contribution is -2.35. The molecule has 14 heteroatoms. The largest absolute Gasteiger partial charge is 0.459 e. The van der Waals surface area contributed by atoms with E-state index in [9.17, 15) is 26.4 Å². The number of esters is 2. The van der Waals surface area contributed by atoms with Gasteiger partial charge in [-0.2, -0.15) is 27.1 Å². The number of benzene rings is 2. The monoisotopic (exact) mass is 542 g/mol. The highest BCUT2D eigenvalue weighted by molar-refractivity contribution is 7.86. The Morgan fingerprint density at radius 3 is 1.19 bits per heavy atom. The van der Waals surface area contributed by atoms with Crippen LogP contribution in [0.3, 0.4) is 0 Å². The van der Waals surface area contributed by atoms with Gasteiger partial charge in [0.05, 0.1) is 9.79 Å². The number of rotatable bonds is 10. The van der Waals surface area contributed by atoms with E-state index in [1.165, 1.54) is 76.2 Å². The Balaban J connectivity index is 1.95. The highest BCUT2D eigenvalue weighted by Crippen LogP contribution is 2.20. The van der Waals surface area contributed by atoms with Crippen LogP contribution in [0.5, 0.6) is 0 Å². The van der Waals surface area contributed by atoms with Crippen molar-refractivity contribution in [3.8, 4) is 0 Å². The first-order valence-corrected chi connectivity index (χ1v) is 13.2. The van der Waals surface area contributed by atoms with Crippen LogP contribution < -0.4 is 0 Å². The zero-order valence-corrected chi connectivity index (χ0v) is 21.5. The normalized spacial score (nSPS) is 12.9. The average Bonchev–Trinajstić information content (AvgIpc) is 2.79. The van der Waals surface area contributed by atoms with Gasteiger partial charge in [0, 0.05) is 0 Å². The smallest absolute Gasteiger partial charge is 0.335 e. The highest BCUT2D eigenvalue weighted by atomic mass is 32.2. The van der Waals surface area contributed by atoms with Crippen LogP contribution in [0.4, 0.5) is 0 Å². The van der Waals surface area contributed by atoms with Crippen molar-refractivity contribution >= 4 is 32.2 Å². The van der Waals surface area contributed by atoms with Crippen LogP contribution in [0, 0.1) is 0 Å². The Hall–Kier alpha value is -3.20. The van der Waals surface area contributed by atoms with Crippen molar-refractivity contribution in [3.63, 3.8) is 0 Å². The zero-order valence-electron chi connectivity index (χ0n) is 19.9. The first-order chi connectivity index (χ1) is 16.4. The third-order valence-corrected chi connectivity index (χ3v) is 6.47. The number of azo groups is 1. The Morgan fingerprint density at radius 2 is 0.944 bits per heavy atom. The molecule has 0 bridgehead atoms. The molecule has 0 saturated heterocycles. The second-order valence-corrected chi connectivity index (χ2v) is 11.6. The molecule has 2 aromatic carbocycles. The SMILES string of the molecule is CC(C)(N=NC(C)(C)C(=O)OCc1ccc(S(=O)(=O)O)cc1)C(=O)OCc1ccc(S(=O)(=O)O)cc1. The maximum absolute atomic E-state index is 12.5. The summed E-state index contributed by atoms with van der Waals surface area (Å²) in [6.07, 6.45) is 0. The Kier molecular flexibility index (Phi) is 8.73. The molecule has 0 aliphatic heterocycles. The van der Waals surface area contributed by atoms with E-state index >= 15 is 0 Å². The van der Waals surface area contributed by atoms with Gasteiger partial charge in [0.15, 0.2) is 11.1 Å². The molecule has 196 valence electrons. The molecule has 0 aromatic heterocycles. The Morgan fingerprint density at radius 1 is 0.667 bits per heavy atom. The van der Waals surface area contributed by atoms with Crippen LogP contribution in [0.25, 0.3) is 0 Å². The second kappa shape index (κ2) is 10.8. The summed E-state index contributed by atoms with van der Waals surface area (Å²) in [6, 6.07) is 10.2. The Bertz CT molecular complexity index is 1240. The number of carbonyl (C=O) groups is 2. The van der Waals surface area contributed by atoms with Gasteiger partial charge >= 0.3 is 11.9 Å². The van der Waals surface area contributed by atoms with Crippen molar-refractivity contribution in [1.82, 2.24) is 0 Å². The zero-order chi connectivity index (χ0) is 27.4. The summed E-state index contributed by atoms with van der Waals surface area (Å²) in [5, 5.41) is 7.89. The van der Waals surface area contributed by atoms with E-state index in [0.717, 1.165) is 0 Å². The van der Waals surface area contributed by atoms with Crippen LogP contribution >= 0.6 is 0 Å². The van der Waals surface area contributed by atoms with Gasteiger partial charge in [0.2, 0.25) is 0 Å². The van der Waals surface area contributed by atoms with E-state index in [0.29, 0.717) is 11.1 Å². The highest BCUT2D eigenvalue weighted by Gasteiger charge is 2.34. The summed E-state index contributed by atoms with van der Waals surface area (Å²) in [4.78, 5) is 24.4. The molecule has 0 radical (unpaired) electrons. The number of hydrogen-bond donors (Lipinski definition) is 2. The van der Waals surface area contributed by atoms with Crippen molar-refractivity contribution in [1.29, 1.82) is 0 Å². The van der Waals surface area contributed by atoms with Crippen molar-refractivity contribution in [2.75, 3.05) is 0 Å². The molecule has 0 fully saturated rings. The van der Waals surface area contributed by atoms with Gasteiger partial charge in [-0.05, 0) is 63.1 Å². The molecule has 2 N–H and O–H groups in total. The van der Waals surface area contributed by atoms with Gasteiger partial charge in [-0.15, -0.1) is 0 Å². The molecule has 0 heterocycles. The van der Waals surface area contributed by atoms with Gasteiger partial charge in [-0.1, -0.05) is 24.3 Å². The molecule has 0 saturated carbocycles. The van der Waals surface area contributed by atoms with E-state index in [-0.39, 0.29) is 23.0 Å². The molecule has 2 rings (SSSR count). The van der Waals surface area contributed by atoms with Gasteiger partial charge in [-0.3, -0.25) is 9.11 Å². The van der Waals surface area contributed by atoms with Gasteiger partial charge < -0.3 is 9.47 Å². The first-order valence-electron chi connectivity index (χ1n) is 10.3. The van der Waals surface area contributed by atoms with Gasteiger partial charge in [0.25, 0.3) is 20.2 Å². The van der Waals surface area contributed by atoms with Crippen molar-refractivity contribution < 1.29 is 45.0 Å². The maximum atomic E-state index is 12.5. The molecule has 36 heavy (non-hydrogen) atoms. The molecule has 12 nitrogen and oxygen atoms in total. The van der Waals surface area contributed by atoms with Crippen LogP contribution in [0.1, 0.15) is 38.8 Å². The molecule has 0 spiro atoms. The summed E-state index contributed by atoms with van der Waals surface area (Å²) in [5.74, 6) is -1.51. The van der Waals surface area contributed by atoms with E-state index in [2.05, 4.69) is 10.2 Å². The molecule has 0 aliphatic carbocycles. The van der Waals surface area contributed by atoms with Crippen LogP contribution in [0.2, 0.25) is 0 Å². The summed E-state index contributed by atoms with van der Waals surface area (Å²) in [5.41, 5.74) is -1.98. The fourth-order valence-electron chi connectivity index (χ4n) is 2.50. The van der Waals surface area contributed by atoms with Gasteiger partial charge in [0.1, 0.15) is 13.2 Å². The quantitative estimate of drug-likeness (QED) is 0.257. The first kappa shape index (κ1) is 29.0. The lowest BCUT2D eigenvalue weighted by atomic mass is 10.1. The molecular formula is C22H26N2O10S2. The summed E-state index contributed by atoms with van der Waals surface area (Å²) < 4.78 is 72.7. The minimum atomic E-state index is -4.33. The van der Waals surface area contributed by atoms with Crippen LogP contribution in [0.15, 0.2) is 68.6 Å². The predicted molar refractivity (Wildman–Crippen MR) is 125 cm³/mol. The van der Waals surface area contributed by atoms with E-state index in [1.807, 2.05) is 0 Å². The van der Waals surface area contributed by atoms with Gasteiger partial charge in [-0.25, -0.2) is 9.59 Å². The molecular weight excluding hydrogens is 516 g/mol. The van der Waals surface area contributed by atoms with E-state index in [1.54, 1.807) is 0 Å². The third kappa shape index (κ3) is 8.19. The van der Waals surface area contributed by atoms with E-state index < -0.39 is 43.3 Å². The van der Waals surface area contributed by atoms with E-state index in [4.69, 9.17) is 18.6 Å². The van der Waals surface area contributed by atoms with Crippen molar-refractivity contribution in [3.05, 3.63) is 59.7 Å². The van der Waals surface area contributed by atoms with Crippen molar-refractivity contribution in [2.24, 2.45) is 10.2 Å². The lowest BCUT2D eigenvalue weighted by Gasteiger charge is -2.21. The standard InChI is InChI=1S/C22H26N2O10S2/c1-21(2,19(25)33-13-15-5-9-17(10-6-15)35(27,28)29)23-24-22(3,4)20(26)34-14-16-7-11-18(12-8-16)36(30,31)32/h5-12H,13-14H2,1-4H3,(H,27,28,29)(H,30,31,32). The second-order valence-electron chi connectivity index (χ2n) is 8.71. The number of nitrogens with zero attached hydrogens (tertiary/aromatic N) is 2. The van der Waals surface area contributed by atoms with Crippen molar-refractivity contribution in [2.45, 2.75) is 61.8 Å². The topological polar surface area (TPSA) is 186 Å². The molecule has 0 aliphatic rings. The number of ether oxygens (including phenoxy) is 2. The minimum absolute atomic E-state index is 0.189. The third-order valence-electron chi connectivity index (χ3n) is 4.73. The maximum Gasteiger partial charge on any atom is 0.335 e. The number of carbonyl (C=O) groups excluding carboxylic acids is 2. The Labute approximate surface area is 208 Å². The molecule has 0 atom stereocenters. The summed E-state index contributed by atoms with van der Waals surface area (Å²) >= 11 is 0. The fraction of sp³-hybridized carbons (Fsp3) is 0.364. The van der Waals surface area contributed by atoms with Crippen LogP contribution in [-0.4, -0.2) is 49.0 Å². The summed E-state index contributed by atoms with van der Waals surface area (Å²) in [6.45, 7) is 5.34. The minimum Gasteiger partial charge on any atom is -0.459 e. The summed E-state index contributed by atoms with van der Waals surface area (Å²) in [7, 11) is -8.67.